The van der Waals surface area contributed by atoms with Gasteiger partial charge in [0, 0.05) is 19.5 Å². The quantitative estimate of drug-likeness (QED) is 0.741. The van der Waals surface area contributed by atoms with Crippen molar-refractivity contribution in [1.82, 2.24) is 4.90 Å². The molecule has 1 aliphatic rings. The van der Waals surface area contributed by atoms with E-state index in [1.54, 1.807) is 0 Å². The Kier molecular flexibility index (Phi) is 3.53. The molecule has 0 aliphatic carbocycles. The Hall–Kier alpha value is -0.570. The Morgan fingerprint density at radius 3 is 2.57 bits per heavy atom. The van der Waals surface area contributed by atoms with Crippen molar-refractivity contribution in [3.05, 3.63) is 0 Å². The number of carbonyl (C=O) groups is 1. The third-order valence-electron chi connectivity index (χ3n) is 3.07. The van der Waals surface area contributed by atoms with Gasteiger partial charge in [-0.15, -0.1) is 0 Å². The Morgan fingerprint density at radius 2 is 2.14 bits per heavy atom. The Bertz CT molecular complexity index is 208. The molecule has 82 valence electrons. The SMILES string of the molecule is CC(C)(C)C1CC(=O)N(CCCN)C1. The number of rotatable bonds is 3. The number of hydrogen-bond acceptors (Lipinski definition) is 2. The first-order valence-corrected chi connectivity index (χ1v) is 5.43. The van der Waals surface area contributed by atoms with E-state index < -0.39 is 0 Å². The van der Waals surface area contributed by atoms with E-state index in [1.807, 2.05) is 4.90 Å². The molecule has 1 atom stereocenters. The summed E-state index contributed by atoms with van der Waals surface area (Å²) in [4.78, 5) is 13.6. The van der Waals surface area contributed by atoms with Crippen LogP contribution >= 0.6 is 0 Å². The lowest BCUT2D eigenvalue weighted by atomic mass is 9.80. The molecule has 0 aromatic carbocycles. The zero-order valence-electron chi connectivity index (χ0n) is 9.55. The molecule has 1 rings (SSSR count). The van der Waals surface area contributed by atoms with E-state index in [-0.39, 0.29) is 5.41 Å². The minimum atomic E-state index is 0.243. The highest BCUT2D eigenvalue weighted by atomic mass is 16.2. The summed E-state index contributed by atoms with van der Waals surface area (Å²) in [6.07, 6.45) is 1.64. The molecule has 1 saturated heterocycles. The molecule has 2 N–H and O–H groups in total. The first-order chi connectivity index (χ1) is 6.45. The van der Waals surface area contributed by atoms with E-state index in [2.05, 4.69) is 20.8 Å². The molecule has 1 fully saturated rings. The maximum atomic E-state index is 11.6. The van der Waals surface area contributed by atoms with E-state index in [0.29, 0.717) is 24.8 Å². The minimum absolute atomic E-state index is 0.243. The second-order valence-electron chi connectivity index (χ2n) is 5.25. The largest absolute Gasteiger partial charge is 0.342 e. The van der Waals surface area contributed by atoms with Crippen LogP contribution in [0.25, 0.3) is 0 Å². The van der Waals surface area contributed by atoms with Crippen molar-refractivity contribution in [2.75, 3.05) is 19.6 Å². The molecule has 0 spiro atoms. The van der Waals surface area contributed by atoms with Gasteiger partial charge < -0.3 is 10.6 Å². The lowest BCUT2D eigenvalue weighted by Gasteiger charge is -2.26. The fraction of sp³-hybridized carbons (Fsp3) is 0.909. The van der Waals surface area contributed by atoms with Crippen LogP contribution in [0, 0.1) is 11.3 Å². The standard InChI is InChI=1S/C11H22N2O/c1-11(2,3)9-7-10(14)13(8-9)6-4-5-12/h9H,4-8,12H2,1-3H3. The summed E-state index contributed by atoms with van der Waals surface area (Å²) in [7, 11) is 0. The van der Waals surface area contributed by atoms with Crippen LogP contribution in [0.3, 0.4) is 0 Å². The van der Waals surface area contributed by atoms with Gasteiger partial charge in [0.05, 0.1) is 0 Å². The first-order valence-electron chi connectivity index (χ1n) is 5.43. The fourth-order valence-corrected chi connectivity index (χ4v) is 1.85. The van der Waals surface area contributed by atoms with E-state index in [4.69, 9.17) is 5.73 Å². The molecule has 0 aromatic rings. The average Bonchev–Trinajstić information content (AvgIpc) is 2.43. The molecule has 14 heavy (non-hydrogen) atoms. The topological polar surface area (TPSA) is 46.3 Å². The van der Waals surface area contributed by atoms with Gasteiger partial charge in [0.2, 0.25) is 5.91 Å². The molecule has 1 aliphatic heterocycles. The Balaban J connectivity index is 2.47. The van der Waals surface area contributed by atoms with Crippen molar-refractivity contribution >= 4 is 5.91 Å². The summed E-state index contributed by atoms with van der Waals surface area (Å²) in [5, 5.41) is 0. The van der Waals surface area contributed by atoms with Crippen LogP contribution in [0.5, 0.6) is 0 Å². The highest BCUT2D eigenvalue weighted by Crippen LogP contribution is 2.34. The lowest BCUT2D eigenvalue weighted by Crippen LogP contribution is -2.29. The van der Waals surface area contributed by atoms with Gasteiger partial charge in [-0.05, 0) is 24.3 Å². The van der Waals surface area contributed by atoms with Gasteiger partial charge in [0.15, 0.2) is 0 Å². The molecule has 1 heterocycles. The molecule has 1 amide bonds. The Morgan fingerprint density at radius 1 is 1.50 bits per heavy atom. The van der Waals surface area contributed by atoms with Crippen LogP contribution in [-0.2, 0) is 4.79 Å². The summed E-state index contributed by atoms with van der Waals surface area (Å²) < 4.78 is 0. The molecule has 3 nitrogen and oxygen atoms in total. The summed E-state index contributed by atoms with van der Waals surface area (Å²) in [6.45, 7) is 9.04. The van der Waals surface area contributed by atoms with Gasteiger partial charge in [-0.1, -0.05) is 20.8 Å². The number of hydrogen-bond donors (Lipinski definition) is 1. The molecule has 0 saturated carbocycles. The lowest BCUT2D eigenvalue weighted by molar-refractivity contribution is -0.127. The molecule has 0 aromatic heterocycles. The zero-order valence-corrected chi connectivity index (χ0v) is 9.55. The van der Waals surface area contributed by atoms with Crippen LogP contribution in [0.15, 0.2) is 0 Å². The predicted octanol–water partition coefficient (Wildman–Crippen LogP) is 1.23. The molecular formula is C11H22N2O. The van der Waals surface area contributed by atoms with Gasteiger partial charge in [-0.25, -0.2) is 0 Å². The number of likely N-dealkylation sites (tertiary alicyclic amines) is 1. The van der Waals surface area contributed by atoms with Gasteiger partial charge in [0.25, 0.3) is 0 Å². The minimum Gasteiger partial charge on any atom is -0.342 e. The van der Waals surface area contributed by atoms with Crippen molar-refractivity contribution in [3.8, 4) is 0 Å². The smallest absolute Gasteiger partial charge is 0.222 e. The van der Waals surface area contributed by atoms with E-state index in [1.165, 1.54) is 0 Å². The number of amides is 1. The van der Waals surface area contributed by atoms with Crippen molar-refractivity contribution in [1.29, 1.82) is 0 Å². The summed E-state index contributed by atoms with van der Waals surface area (Å²) in [5.74, 6) is 0.811. The summed E-state index contributed by atoms with van der Waals surface area (Å²) >= 11 is 0. The van der Waals surface area contributed by atoms with E-state index in [0.717, 1.165) is 19.5 Å². The summed E-state index contributed by atoms with van der Waals surface area (Å²) in [5.41, 5.74) is 5.68. The van der Waals surface area contributed by atoms with Crippen molar-refractivity contribution in [2.45, 2.75) is 33.6 Å². The normalized spacial score (nSPS) is 23.3. The maximum absolute atomic E-state index is 11.6. The van der Waals surface area contributed by atoms with Crippen LogP contribution < -0.4 is 5.73 Å². The highest BCUT2D eigenvalue weighted by molar-refractivity contribution is 5.78. The van der Waals surface area contributed by atoms with Gasteiger partial charge in [-0.3, -0.25) is 4.79 Å². The number of nitrogens with two attached hydrogens (primary N) is 1. The predicted molar refractivity (Wildman–Crippen MR) is 57.8 cm³/mol. The van der Waals surface area contributed by atoms with Crippen molar-refractivity contribution < 1.29 is 4.79 Å². The highest BCUT2D eigenvalue weighted by Gasteiger charge is 2.36. The molecular weight excluding hydrogens is 176 g/mol. The van der Waals surface area contributed by atoms with Crippen molar-refractivity contribution in [2.24, 2.45) is 17.1 Å². The van der Waals surface area contributed by atoms with Crippen LogP contribution in [0.4, 0.5) is 0 Å². The maximum Gasteiger partial charge on any atom is 0.222 e. The number of carbonyl (C=O) groups excluding carboxylic acids is 1. The van der Waals surface area contributed by atoms with Gasteiger partial charge in [-0.2, -0.15) is 0 Å². The van der Waals surface area contributed by atoms with Gasteiger partial charge >= 0.3 is 0 Å². The average molecular weight is 198 g/mol. The van der Waals surface area contributed by atoms with Crippen LogP contribution in [-0.4, -0.2) is 30.4 Å². The monoisotopic (exact) mass is 198 g/mol. The first kappa shape index (κ1) is 11.5. The fourth-order valence-electron chi connectivity index (χ4n) is 1.85. The van der Waals surface area contributed by atoms with Crippen molar-refractivity contribution in [3.63, 3.8) is 0 Å². The molecule has 1 unspecified atom stereocenters. The molecule has 0 radical (unpaired) electrons. The number of nitrogens with zero attached hydrogens (tertiary/aromatic N) is 1. The van der Waals surface area contributed by atoms with E-state index >= 15 is 0 Å². The van der Waals surface area contributed by atoms with Crippen LogP contribution in [0.1, 0.15) is 33.6 Å². The third-order valence-corrected chi connectivity index (χ3v) is 3.07. The van der Waals surface area contributed by atoms with E-state index in [9.17, 15) is 4.79 Å². The second-order valence-corrected chi connectivity index (χ2v) is 5.25. The second kappa shape index (κ2) is 4.30. The van der Waals surface area contributed by atoms with Gasteiger partial charge in [0.1, 0.15) is 0 Å². The zero-order chi connectivity index (χ0) is 10.8. The molecule has 0 bridgehead atoms. The molecule has 3 heteroatoms. The Labute approximate surface area is 86.6 Å². The van der Waals surface area contributed by atoms with Crippen LogP contribution in [0.2, 0.25) is 0 Å². The third kappa shape index (κ3) is 2.71. The summed E-state index contributed by atoms with van der Waals surface area (Å²) in [6, 6.07) is 0.